The number of aromatic nitrogens is 12. The second-order valence-corrected chi connectivity index (χ2v) is 20.3. The molecule has 90 heavy (non-hydrogen) atoms. The van der Waals surface area contributed by atoms with Crippen LogP contribution in [0.5, 0.6) is 0 Å². The lowest BCUT2D eigenvalue weighted by Gasteiger charge is -2.27. The van der Waals surface area contributed by atoms with Crippen LogP contribution in [0.15, 0.2) is 163 Å². The van der Waals surface area contributed by atoms with Crippen LogP contribution in [0.3, 0.4) is 0 Å². The first-order chi connectivity index (χ1) is 43.2. The molecule has 10 aromatic rings. The highest BCUT2D eigenvalue weighted by Gasteiger charge is 2.38. The van der Waals surface area contributed by atoms with Gasteiger partial charge in [-0.15, -0.1) is 20.4 Å². The van der Waals surface area contributed by atoms with Crippen LogP contribution in [-0.4, -0.2) is 141 Å². The van der Waals surface area contributed by atoms with E-state index in [-0.39, 0.29) is 45.7 Å². The largest absolute Gasteiger partial charge is 0.490 e. The Morgan fingerprint density at radius 1 is 0.489 bits per heavy atom. The van der Waals surface area contributed by atoms with Crippen molar-refractivity contribution >= 4 is 63.6 Å². The normalized spacial score (nSPS) is 13.3. The van der Waals surface area contributed by atoms with Gasteiger partial charge in [0.1, 0.15) is 11.6 Å². The molecule has 32 heteroatoms. The van der Waals surface area contributed by atoms with Crippen LogP contribution in [0.2, 0.25) is 0 Å². The maximum Gasteiger partial charge on any atom is 0.490 e. The number of carbonyl (C=O) groups is 2. The number of morpholine rings is 2. The molecule has 0 saturated carbocycles. The van der Waals surface area contributed by atoms with Crippen molar-refractivity contribution in [3.8, 4) is 45.3 Å². The minimum absolute atomic E-state index is 0.0199. The Morgan fingerprint density at radius 2 is 0.933 bits per heavy atom. The Bertz CT molecular complexity index is 4070. The summed E-state index contributed by atoms with van der Waals surface area (Å²) in [4.78, 5) is 44.9. The molecule has 0 radical (unpaired) electrons. The van der Waals surface area contributed by atoms with E-state index < -0.39 is 54.6 Å². The Balaban J connectivity index is 0.000000173. The summed E-state index contributed by atoms with van der Waals surface area (Å²) in [7, 11) is -1.58. The van der Waals surface area contributed by atoms with E-state index in [1.165, 1.54) is 61.1 Å². The summed E-state index contributed by atoms with van der Waals surface area (Å²) >= 11 is 3.29. The lowest BCUT2D eigenvalue weighted by Crippen LogP contribution is -2.36. The molecule has 4 N–H and O–H groups in total. The molecule has 10 heterocycles. The second kappa shape index (κ2) is 28.0. The summed E-state index contributed by atoms with van der Waals surface area (Å²) in [5.74, 6) is -1.05. The quantitative estimate of drug-likeness (QED) is 0.0507. The van der Waals surface area contributed by atoms with Gasteiger partial charge in [-0.05, 0) is 115 Å². The summed E-state index contributed by atoms with van der Waals surface area (Å²) in [6, 6.07) is 32.3. The van der Waals surface area contributed by atoms with Gasteiger partial charge < -0.3 is 40.0 Å². The third-order valence-electron chi connectivity index (χ3n) is 13.3. The van der Waals surface area contributed by atoms with Crippen molar-refractivity contribution < 1.29 is 64.2 Å². The van der Waals surface area contributed by atoms with E-state index in [2.05, 4.69) is 77.1 Å². The first-order valence-corrected chi connectivity index (χ1v) is 27.7. The van der Waals surface area contributed by atoms with Gasteiger partial charge in [0.15, 0.2) is 34.7 Å². The number of anilines is 4. The Labute approximate surface area is 513 Å². The van der Waals surface area contributed by atoms with Crippen molar-refractivity contribution in [1.29, 1.82) is 0 Å². The van der Waals surface area contributed by atoms with Crippen LogP contribution in [0, 0.1) is 11.9 Å². The van der Waals surface area contributed by atoms with Gasteiger partial charge in [0.05, 0.1) is 37.8 Å². The smallest absolute Gasteiger partial charge is 0.423 e. The van der Waals surface area contributed by atoms with Crippen molar-refractivity contribution in [1.82, 2.24) is 59.9 Å². The Kier molecular flexibility index (Phi) is 19.6. The molecule has 22 nitrogen and oxygen atoms in total. The average Bonchev–Trinajstić information content (AvgIpc) is 4.41. The highest BCUT2D eigenvalue weighted by Crippen LogP contribution is 2.36. The maximum absolute atomic E-state index is 14.0. The third kappa shape index (κ3) is 16.0. The third-order valence-corrected chi connectivity index (χ3v) is 13.8. The zero-order chi connectivity index (χ0) is 63.5. The number of halogens is 9. The molecule has 0 bridgehead atoms. The summed E-state index contributed by atoms with van der Waals surface area (Å²) in [6.07, 6.45) is -4.04. The standard InChI is InChI=1S/C29H22F4N8O2.C24H19BrF3N7O2.C5H5BFNO2/c30-24-6-4-20(16-34-24)18-2-1-3-19(14-18)28(42)36-25-7-9-27(38-37-25)41-23(29(31,32)33)15-22(39-41)21-5-8-26(35-17-21)40-10-12-43-13-11-40;25-17-3-1-2-15(12-17)23(36)30-20-5-7-22(32-31-20)35-19(24(26,27)28)13-18(33-35)16-4-6-21(29-14-16)34-8-10-37-11-9-34;7-5-2-1-4(3-8-5)6(9)10/h1-9,14-17H,10-13H2,(H,36,37,42);1-7,12-14H,8-11H2,(H,30,31,36);1-3,9-10H. The number of carbonyl (C=O) groups excluding carboxylic acids is 2. The molecule has 0 spiro atoms. The summed E-state index contributed by atoms with van der Waals surface area (Å²) in [6.45, 7) is 5.08. The van der Waals surface area contributed by atoms with Crippen LogP contribution < -0.4 is 25.9 Å². The van der Waals surface area contributed by atoms with E-state index in [4.69, 9.17) is 19.5 Å². The fraction of sp³-hybridized carbons (Fsp3) is 0.172. The van der Waals surface area contributed by atoms with Crippen molar-refractivity contribution in [3.63, 3.8) is 0 Å². The fourth-order valence-electron chi connectivity index (χ4n) is 8.77. The first-order valence-electron chi connectivity index (χ1n) is 26.9. The minimum Gasteiger partial charge on any atom is -0.423 e. The van der Waals surface area contributed by atoms with Crippen LogP contribution in [0.25, 0.3) is 45.3 Å². The number of nitrogens with one attached hydrogen (secondary N) is 2. The average molecular weight is 1310 g/mol. The van der Waals surface area contributed by atoms with E-state index >= 15 is 0 Å². The van der Waals surface area contributed by atoms with Gasteiger partial charge in [0.25, 0.3) is 11.8 Å². The van der Waals surface area contributed by atoms with Crippen LogP contribution in [0.1, 0.15) is 32.1 Å². The zero-order valence-electron chi connectivity index (χ0n) is 46.4. The van der Waals surface area contributed by atoms with Gasteiger partial charge in [-0.25, -0.2) is 29.3 Å². The highest BCUT2D eigenvalue weighted by molar-refractivity contribution is 9.10. The number of hydrogen-bond acceptors (Lipinski definition) is 18. The molecule has 2 aliphatic rings. The maximum atomic E-state index is 14.0. The van der Waals surface area contributed by atoms with E-state index in [9.17, 15) is 44.7 Å². The van der Waals surface area contributed by atoms with Crippen molar-refractivity contribution in [3.05, 3.63) is 197 Å². The lowest BCUT2D eigenvalue weighted by atomic mass is 9.82. The van der Waals surface area contributed by atoms with E-state index in [1.807, 2.05) is 9.80 Å². The molecular weight excluding hydrogens is 1260 g/mol. The number of rotatable bonds is 12. The second-order valence-electron chi connectivity index (χ2n) is 19.4. The van der Waals surface area contributed by atoms with E-state index in [0.717, 1.165) is 28.9 Å². The zero-order valence-corrected chi connectivity index (χ0v) is 48.0. The van der Waals surface area contributed by atoms with Gasteiger partial charge in [-0.3, -0.25) is 9.59 Å². The van der Waals surface area contributed by atoms with Crippen molar-refractivity contribution in [2.75, 3.05) is 73.0 Å². The monoisotopic (exact) mass is 1300 g/mol. The number of nitrogens with zero attached hydrogens (tertiary/aromatic N) is 14. The van der Waals surface area contributed by atoms with E-state index in [1.54, 1.807) is 72.8 Å². The lowest BCUT2D eigenvalue weighted by molar-refractivity contribution is -0.143. The topological polar surface area (TPSA) is 262 Å². The first kappa shape index (κ1) is 63.0. The summed E-state index contributed by atoms with van der Waals surface area (Å²) in [5.41, 5.74) is 1.00. The minimum atomic E-state index is -4.73. The number of hydrogen-bond donors (Lipinski definition) is 4. The predicted molar refractivity (Wildman–Crippen MR) is 315 cm³/mol. The summed E-state index contributed by atoms with van der Waals surface area (Å²) < 4.78 is 121. The van der Waals surface area contributed by atoms with Gasteiger partial charge in [0.2, 0.25) is 11.9 Å². The molecule has 12 rings (SSSR count). The molecule has 460 valence electrons. The number of alkyl halides is 6. The molecular formula is C58H46BBrF8N16O6. The molecule has 2 amide bonds. The van der Waals surface area contributed by atoms with Crippen LogP contribution in [0.4, 0.5) is 58.4 Å². The van der Waals surface area contributed by atoms with Crippen LogP contribution >= 0.6 is 15.9 Å². The Morgan fingerprint density at radius 3 is 1.33 bits per heavy atom. The molecule has 0 atom stereocenters. The van der Waals surface area contributed by atoms with Gasteiger partial charge in [-0.1, -0.05) is 40.2 Å². The number of pyridine rings is 4. The van der Waals surface area contributed by atoms with E-state index in [0.29, 0.717) is 101 Å². The SMILES string of the molecule is O=C(Nc1ccc(-n2nc(-c3ccc(N4CCOCC4)nc3)cc2C(F)(F)F)nn1)c1cccc(-c2ccc(F)nc2)c1.O=C(Nc1ccc(-n2nc(-c3ccc(N4CCOCC4)nc3)cc2C(F)(F)F)nn1)c1cccc(Br)c1.OB(O)c1ccc(F)nc1. The Hall–Kier alpha value is -10.0. The highest BCUT2D eigenvalue weighted by atomic mass is 79.9. The van der Waals surface area contributed by atoms with Gasteiger partial charge >= 0.3 is 19.5 Å². The predicted octanol–water partition coefficient (Wildman–Crippen LogP) is 8.53. The van der Waals surface area contributed by atoms with Gasteiger partial charge in [0, 0.05) is 88.7 Å². The van der Waals surface area contributed by atoms with Crippen LogP contribution in [-0.2, 0) is 21.8 Å². The molecule has 2 saturated heterocycles. The number of ether oxygens (including phenoxy) is 2. The molecule has 8 aromatic heterocycles. The summed E-state index contributed by atoms with van der Waals surface area (Å²) in [5, 5.41) is 45.9. The molecule has 0 aliphatic carbocycles. The number of benzene rings is 2. The molecule has 0 unspecified atom stereocenters. The number of amides is 2. The van der Waals surface area contributed by atoms with Gasteiger partial charge in [-0.2, -0.15) is 45.3 Å². The fourth-order valence-corrected chi connectivity index (χ4v) is 9.17. The van der Waals surface area contributed by atoms with Crippen molar-refractivity contribution in [2.45, 2.75) is 12.4 Å². The van der Waals surface area contributed by atoms with Crippen molar-refractivity contribution in [2.24, 2.45) is 0 Å². The molecule has 2 aromatic carbocycles. The molecule has 2 fully saturated rings. The molecule has 2 aliphatic heterocycles.